The Hall–Kier alpha value is -0.930. The van der Waals surface area contributed by atoms with Gasteiger partial charge in [-0.2, -0.15) is 0 Å². The van der Waals surface area contributed by atoms with E-state index in [0.29, 0.717) is 5.56 Å². The maximum atomic E-state index is 13.2. The first-order chi connectivity index (χ1) is 7.95. The highest BCUT2D eigenvalue weighted by Gasteiger charge is 2.19. The molecule has 2 atom stereocenters. The highest BCUT2D eigenvalue weighted by molar-refractivity contribution is 6.30. The number of carbonyl (C=O) groups is 1. The lowest BCUT2D eigenvalue weighted by atomic mass is 9.93. The van der Waals surface area contributed by atoms with Crippen LogP contribution < -0.4 is 5.73 Å². The van der Waals surface area contributed by atoms with Gasteiger partial charge in [0.15, 0.2) is 5.78 Å². The number of Topliss-reactive ketones (excluding diaryl/α,β-unsaturated/α-hetero) is 1. The van der Waals surface area contributed by atoms with Crippen molar-refractivity contribution in [3.63, 3.8) is 0 Å². The topological polar surface area (TPSA) is 43.1 Å². The van der Waals surface area contributed by atoms with Crippen molar-refractivity contribution in [1.82, 2.24) is 0 Å². The summed E-state index contributed by atoms with van der Waals surface area (Å²) >= 11 is 5.57. The Kier molecular flexibility index (Phi) is 5.09. The van der Waals surface area contributed by atoms with Gasteiger partial charge in [-0.05, 0) is 23.6 Å². The molecule has 17 heavy (non-hydrogen) atoms. The van der Waals surface area contributed by atoms with Gasteiger partial charge in [-0.1, -0.05) is 37.9 Å². The average Bonchev–Trinajstić information content (AvgIpc) is 2.31. The van der Waals surface area contributed by atoms with E-state index in [-0.39, 0.29) is 23.1 Å². The summed E-state index contributed by atoms with van der Waals surface area (Å²) in [5.41, 5.74) is 6.42. The fourth-order valence-electron chi connectivity index (χ4n) is 1.54. The first-order valence-electron chi connectivity index (χ1n) is 5.68. The average molecular weight is 258 g/mol. The van der Waals surface area contributed by atoms with Crippen molar-refractivity contribution in [2.24, 2.45) is 11.7 Å². The van der Waals surface area contributed by atoms with E-state index in [1.54, 1.807) is 6.07 Å². The summed E-state index contributed by atoms with van der Waals surface area (Å²) in [6.07, 6.45) is 1.00. The summed E-state index contributed by atoms with van der Waals surface area (Å²) in [6.45, 7) is 3.92. The Morgan fingerprint density at radius 2 is 2.18 bits per heavy atom. The molecule has 0 aliphatic carbocycles. The normalized spacial score (nSPS) is 14.4. The van der Waals surface area contributed by atoms with E-state index in [9.17, 15) is 9.18 Å². The second-order valence-electron chi connectivity index (χ2n) is 4.30. The largest absolute Gasteiger partial charge is 0.321 e. The van der Waals surface area contributed by atoms with Crippen LogP contribution in [0.25, 0.3) is 0 Å². The number of hydrogen-bond donors (Lipinski definition) is 1. The lowest BCUT2D eigenvalue weighted by Crippen LogP contribution is -2.37. The van der Waals surface area contributed by atoms with Crippen LogP contribution in [-0.4, -0.2) is 11.8 Å². The molecule has 0 aromatic heterocycles. The molecule has 0 spiro atoms. The van der Waals surface area contributed by atoms with E-state index >= 15 is 0 Å². The van der Waals surface area contributed by atoms with Crippen molar-refractivity contribution < 1.29 is 9.18 Å². The van der Waals surface area contributed by atoms with E-state index in [4.69, 9.17) is 17.3 Å². The van der Waals surface area contributed by atoms with Gasteiger partial charge in [-0.15, -0.1) is 0 Å². The van der Waals surface area contributed by atoms with E-state index < -0.39 is 11.9 Å². The smallest absolute Gasteiger partial charge is 0.154 e. The van der Waals surface area contributed by atoms with Crippen LogP contribution in [0.15, 0.2) is 18.2 Å². The minimum Gasteiger partial charge on any atom is -0.321 e. The lowest BCUT2D eigenvalue weighted by Gasteiger charge is -2.16. The zero-order chi connectivity index (χ0) is 13.0. The molecule has 1 aromatic carbocycles. The van der Waals surface area contributed by atoms with Crippen LogP contribution in [0.4, 0.5) is 4.39 Å². The Labute approximate surface area is 106 Å². The summed E-state index contributed by atoms with van der Waals surface area (Å²) < 4.78 is 13.2. The summed E-state index contributed by atoms with van der Waals surface area (Å²) in [4.78, 5) is 11.8. The van der Waals surface area contributed by atoms with Crippen LogP contribution >= 0.6 is 11.6 Å². The van der Waals surface area contributed by atoms with Gasteiger partial charge >= 0.3 is 0 Å². The predicted molar refractivity (Wildman–Crippen MR) is 67.6 cm³/mol. The number of hydrogen-bond acceptors (Lipinski definition) is 2. The maximum absolute atomic E-state index is 13.2. The summed E-state index contributed by atoms with van der Waals surface area (Å²) in [7, 11) is 0. The van der Waals surface area contributed by atoms with Gasteiger partial charge in [0.1, 0.15) is 5.82 Å². The number of halogens is 2. The van der Waals surface area contributed by atoms with Crippen molar-refractivity contribution >= 4 is 17.4 Å². The molecule has 0 amide bonds. The van der Waals surface area contributed by atoms with E-state index in [1.807, 2.05) is 13.8 Å². The maximum Gasteiger partial charge on any atom is 0.154 e. The molecule has 0 aliphatic rings. The Balaban J connectivity index is 2.71. The molecule has 0 saturated carbocycles. The second kappa shape index (κ2) is 6.12. The van der Waals surface area contributed by atoms with Crippen molar-refractivity contribution in [2.75, 3.05) is 0 Å². The van der Waals surface area contributed by atoms with Crippen molar-refractivity contribution in [3.05, 3.63) is 34.6 Å². The van der Waals surface area contributed by atoms with Crippen molar-refractivity contribution in [2.45, 2.75) is 32.7 Å². The minimum absolute atomic E-state index is 0.0624. The van der Waals surface area contributed by atoms with Gasteiger partial charge in [-0.3, -0.25) is 4.79 Å². The molecule has 0 bridgehead atoms. The predicted octanol–water partition coefficient (Wildman–Crippen LogP) is 2.96. The third-order valence-electron chi connectivity index (χ3n) is 2.99. The number of benzene rings is 1. The van der Waals surface area contributed by atoms with E-state index in [2.05, 4.69) is 0 Å². The summed E-state index contributed by atoms with van der Waals surface area (Å²) in [6, 6.07) is 3.89. The second-order valence-corrected chi connectivity index (χ2v) is 4.71. The standard InChI is InChI=1S/C13H17ClFNO/c1-3-8(2)13(16)12(17)7-9-4-5-10(14)11(15)6-9/h4-6,8,13H,3,7,16H2,1-2H3. The molecule has 0 fully saturated rings. The number of carbonyl (C=O) groups excluding carboxylic acids is 1. The molecule has 1 aromatic rings. The summed E-state index contributed by atoms with van der Waals surface area (Å²) in [5, 5.41) is 0.0624. The van der Waals surface area contributed by atoms with Crippen LogP contribution in [0.5, 0.6) is 0 Å². The third-order valence-corrected chi connectivity index (χ3v) is 3.30. The minimum atomic E-state index is -0.505. The Morgan fingerprint density at radius 3 is 2.71 bits per heavy atom. The zero-order valence-electron chi connectivity index (χ0n) is 10.0. The fraction of sp³-hybridized carbons (Fsp3) is 0.462. The fourth-order valence-corrected chi connectivity index (χ4v) is 1.66. The number of nitrogens with two attached hydrogens (primary N) is 1. The van der Waals surface area contributed by atoms with Gasteiger partial charge in [0.25, 0.3) is 0 Å². The van der Waals surface area contributed by atoms with Crippen molar-refractivity contribution in [3.8, 4) is 0 Å². The first kappa shape index (κ1) is 14.1. The molecule has 0 heterocycles. The Morgan fingerprint density at radius 1 is 1.53 bits per heavy atom. The molecule has 4 heteroatoms. The highest BCUT2D eigenvalue weighted by atomic mass is 35.5. The zero-order valence-corrected chi connectivity index (χ0v) is 10.8. The van der Waals surface area contributed by atoms with Crippen LogP contribution in [0.3, 0.4) is 0 Å². The number of rotatable bonds is 5. The highest BCUT2D eigenvalue weighted by Crippen LogP contribution is 2.17. The quantitative estimate of drug-likeness (QED) is 0.881. The van der Waals surface area contributed by atoms with Crippen LogP contribution in [0, 0.1) is 11.7 Å². The molecular formula is C13H17ClFNO. The molecule has 2 unspecified atom stereocenters. The Bertz CT molecular complexity index is 408. The molecule has 94 valence electrons. The molecule has 2 nitrogen and oxygen atoms in total. The molecule has 0 saturated heterocycles. The monoisotopic (exact) mass is 257 g/mol. The van der Waals surface area contributed by atoms with Crippen LogP contribution in [-0.2, 0) is 11.2 Å². The third kappa shape index (κ3) is 3.79. The number of ketones is 1. The SMILES string of the molecule is CCC(C)C(N)C(=O)Cc1ccc(Cl)c(F)c1. The molecule has 2 N–H and O–H groups in total. The van der Waals surface area contributed by atoms with Gasteiger partial charge in [0.05, 0.1) is 11.1 Å². The van der Waals surface area contributed by atoms with Crippen LogP contribution in [0.2, 0.25) is 5.02 Å². The lowest BCUT2D eigenvalue weighted by molar-refractivity contribution is -0.120. The van der Waals surface area contributed by atoms with Crippen LogP contribution in [0.1, 0.15) is 25.8 Å². The van der Waals surface area contributed by atoms with Gasteiger partial charge in [0.2, 0.25) is 0 Å². The first-order valence-corrected chi connectivity index (χ1v) is 6.05. The molecular weight excluding hydrogens is 241 g/mol. The molecule has 0 aliphatic heterocycles. The van der Waals surface area contributed by atoms with Crippen molar-refractivity contribution in [1.29, 1.82) is 0 Å². The molecule has 1 rings (SSSR count). The molecule has 0 radical (unpaired) electrons. The van der Waals surface area contributed by atoms with E-state index in [0.717, 1.165) is 6.42 Å². The summed E-state index contributed by atoms with van der Waals surface area (Å²) in [5.74, 6) is -0.435. The van der Waals surface area contributed by atoms with E-state index in [1.165, 1.54) is 12.1 Å². The van der Waals surface area contributed by atoms with Gasteiger partial charge < -0.3 is 5.73 Å². The van der Waals surface area contributed by atoms with Gasteiger partial charge in [0, 0.05) is 6.42 Å². The van der Waals surface area contributed by atoms with Gasteiger partial charge in [-0.25, -0.2) is 4.39 Å².